The molecule has 0 aromatic carbocycles. The molecule has 1 heterocycles. The average molecular weight is 239 g/mol. The first-order valence-electron chi connectivity index (χ1n) is 5.69. The zero-order valence-electron chi connectivity index (χ0n) is 10.2. The van der Waals surface area contributed by atoms with E-state index < -0.39 is 5.82 Å². The van der Waals surface area contributed by atoms with Crippen molar-refractivity contribution in [1.29, 1.82) is 0 Å². The van der Waals surface area contributed by atoms with Gasteiger partial charge in [-0.05, 0) is 25.5 Å². The Balaban J connectivity index is 2.83. The molecule has 2 N–H and O–H groups in total. The van der Waals surface area contributed by atoms with Gasteiger partial charge in [0.2, 0.25) is 0 Å². The molecule has 0 saturated carbocycles. The van der Waals surface area contributed by atoms with Crippen molar-refractivity contribution in [2.75, 3.05) is 19.6 Å². The summed E-state index contributed by atoms with van der Waals surface area (Å²) in [5.74, 6) is -0.701. The van der Waals surface area contributed by atoms with E-state index in [1.807, 2.05) is 13.8 Å². The minimum absolute atomic E-state index is 0.0612. The number of hydrogen-bond donors (Lipinski definition) is 1. The maximum atomic E-state index is 13.4. The summed E-state index contributed by atoms with van der Waals surface area (Å²) in [6.07, 6.45) is 2.46. The van der Waals surface area contributed by atoms with Crippen molar-refractivity contribution in [3.8, 4) is 0 Å². The van der Waals surface area contributed by atoms with Gasteiger partial charge in [-0.25, -0.2) is 4.39 Å². The van der Waals surface area contributed by atoms with Gasteiger partial charge in [-0.3, -0.25) is 9.78 Å². The molecule has 5 heteroatoms. The highest BCUT2D eigenvalue weighted by atomic mass is 19.1. The minimum atomic E-state index is -0.587. The van der Waals surface area contributed by atoms with Crippen molar-refractivity contribution in [2.45, 2.75) is 13.8 Å². The number of rotatable bonds is 5. The Bertz CT molecular complexity index is 384. The Hall–Kier alpha value is -1.49. The van der Waals surface area contributed by atoms with Gasteiger partial charge in [-0.15, -0.1) is 0 Å². The SMILES string of the molecule is CCN(CC(C)CN)C(=O)c1ccncc1F. The lowest BCUT2D eigenvalue weighted by atomic mass is 10.1. The molecule has 0 aliphatic carbocycles. The molecular weight excluding hydrogens is 221 g/mol. The molecule has 0 aliphatic rings. The fraction of sp³-hybridized carbons (Fsp3) is 0.500. The number of amides is 1. The van der Waals surface area contributed by atoms with Crippen molar-refractivity contribution in [2.24, 2.45) is 11.7 Å². The summed E-state index contributed by atoms with van der Waals surface area (Å²) in [5.41, 5.74) is 5.58. The molecule has 1 unspecified atom stereocenters. The second kappa shape index (κ2) is 6.30. The molecule has 94 valence electrons. The number of hydrogen-bond acceptors (Lipinski definition) is 3. The van der Waals surface area contributed by atoms with E-state index >= 15 is 0 Å². The van der Waals surface area contributed by atoms with E-state index in [0.29, 0.717) is 19.6 Å². The lowest BCUT2D eigenvalue weighted by Crippen LogP contribution is -2.37. The van der Waals surface area contributed by atoms with Crippen LogP contribution in [0.1, 0.15) is 24.2 Å². The van der Waals surface area contributed by atoms with Gasteiger partial charge in [-0.1, -0.05) is 6.92 Å². The van der Waals surface area contributed by atoms with Crippen molar-refractivity contribution in [3.63, 3.8) is 0 Å². The van der Waals surface area contributed by atoms with Gasteiger partial charge in [0.05, 0.1) is 11.8 Å². The van der Waals surface area contributed by atoms with Crippen LogP contribution < -0.4 is 5.73 Å². The van der Waals surface area contributed by atoms with Gasteiger partial charge >= 0.3 is 0 Å². The third-order valence-electron chi connectivity index (χ3n) is 2.61. The van der Waals surface area contributed by atoms with Crippen LogP contribution in [0.15, 0.2) is 18.5 Å². The van der Waals surface area contributed by atoms with Crippen LogP contribution in [0.4, 0.5) is 4.39 Å². The predicted molar refractivity (Wildman–Crippen MR) is 64.0 cm³/mol. The summed E-state index contributed by atoms with van der Waals surface area (Å²) in [4.78, 5) is 17.3. The number of nitrogens with two attached hydrogens (primary N) is 1. The Morgan fingerprint density at radius 3 is 2.88 bits per heavy atom. The topological polar surface area (TPSA) is 59.2 Å². The molecule has 0 aliphatic heterocycles. The first-order chi connectivity index (χ1) is 8.10. The third-order valence-corrected chi connectivity index (χ3v) is 2.61. The molecule has 0 saturated heterocycles. The van der Waals surface area contributed by atoms with Crippen molar-refractivity contribution < 1.29 is 9.18 Å². The summed E-state index contributed by atoms with van der Waals surface area (Å²) < 4.78 is 13.4. The molecular formula is C12H18FN3O. The fourth-order valence-corrected chi connectivity index (χ4v) is 1.53. The Morgan fingerprint density at radius 2 is 2.35 bits per heavy atom. The standard InChI is InChI=1S/C12H18FN3O/c1-3-16(8-9(2)6-14)12(17)10-4-5-15-7-11(10)13/h4-5,7,9H,3,6,8,14H2,1-2H3. The summed E-state index contributed by atoms with van der Waals surface area (Å²) in [6.45, 7) is 5.39. The maximum Gasteiger partial charge on any atom is 0.256 e. The molecule has 0 spiro atoms. The van der Waals surface area contributed by atoms with Crippen molar-refractivity contribution in [3.05, 3.63) is 29.8 Å². The number of halogens is 1. The van der Waals surface area contributed by atoms with E-state index in [-0.39, 0.29) is 17.4 Å². The van der Waals surface area contributed by atoms with Crippen LogP contribution in [0.2, 0.25) is 0 Å². The molecule has 1 rings (SSSR count). The van der Waals surface area contributed by atoms with E-state index in [2.05, 4.69) is 4.98 Å². The van der Waals surface area contributed by atoms with Gasteiger partial charge in [0.25, 0.3) is 5.91 Å². The summed E-state index contributed by atoms with van der Waals surface area (Å²) >= 11 is 0. The third kappa shape index (κ3) is 3.49. The molecule has 4 nitrogen and oxygen atoms in total. The quantitative estimate of drug-likeness (QED) is 0.842. The molecule has 1 aromatic heterocycles. The first kappa shape index (κ1) is 13.6. The Morgan fingerprint density at radius 1 is 1.65 bits per heavy atom. The molecule has 1 amide bonds. The molecule has 1 aromatic rings. The summed E-state index contributed by atoms with van der Waals surface area (Å²) in [7, 11) is 0. The van der Waals surface area contributed by atoms with E-state index in [9.17, 15) is 9.18 Å². The minimum Gasteiger partial charge on any atom is -0.339 e. The average Bonchev–Trinajstić information content (AvgIpc) is 2.35. The highest BCUT2D eigenvalue weighted by Crippen LogP contribution is 2.10. The van der Waals surface area contributed by atoms with Crippen LogP contribution in [0, 0.1) is 11.7 Å². The number of aromatic nitrogens is 1. The molecule has 0 bridgehead atoms. The predicted octanol–water partition coefficient (Wildman–Crippen LogP) is 1.28. The normalized spacial score (nSPS) is 12.2. The lowest BCUT2D eigenvalue weighted by molar-refractivity contribution is 0.0739. The molecule has 0 radical (unpaired) electrons. The van der Waals surface area contributed by atoms with E-state index in [1.165, 1.54) is 12.3 Å². The number of carbonyl (C=O) groups excluding carboxylic acids is 1. The Kier molecular flexibility index (Phi) is 5.03. The van der Waals surface area contributed by atoms with E-state index in [1.54, 1.807) is 4.90 Å². The second-order valence-electron chi connectivity index (χ2n) is 4.04. The zero-order valence-corrected chi connectivity index (χ0v) is 10.2. The largest absolute Gasteiger partial charge is 0.339 e. The monoisotopic (exact) mass is 239 g/mol. The summed E-state index contributed by atoms with van der Waals surface area (Å²) in [5, 5.41) is 0. The second-order valence-corrected chi connectivity index (χ2v) is 4.04. The van der Waals surface area contributed by atoms with Crippen LogP contribution in [0.3, 0.4) is 0 Å². The van der Waals surface area contributed by atoms with Gasteiger partial charge in [0, 0.05) is 19.3 Å². The van der Waals surface area contributed by atoms with Crippen molar-refractivity contribution in [1.82, 2.24) is 9.88 Å². The van der Waals surface area contributed by atoms with Crippen LogP contribution in [0.5, 0.6) is 0 Å². The molecule has 1 atom stereocenters. The highest BCUT2D eigenvalue weighted by Gasteiger charge is 2.19. The fourth-order valence-electron chi connectivity index (χ4n) is 1.53. The van der Waals surface area contributed by atoms with Gasteiger partial charge in [0.15, 0.2) is 5.82 Å². The van der Waals surface area contributed by atoms with Gasteiger partial charge < -0.3 is 10.6 Å². The summed E-state index contributed by atoms with van der Waals surface area (Å²) in [6, 6.07) is 1.40. The molecule has 0 fully saturated rings. The van der Waals surface area contributed by atoms with Crippen LogP contribution in [-0.4, -0.2) is 35.4 Å². The smallest absolute Gasteiger partial charge is 0.256 e. The first-order valence-corrected chi connectivity index (χ1v) is 5.69. The van der Waals surface area contributed by atoms with Crippen molar-refractivity contribution >= 4 is 5.91 Å². The van der Waals surface area contributed by atoms with Gasteiger partial charge in [-0.2, -0.15) is 0 Å². The zero-order chi connectivity index (χ0) is 12.8. The number of carbonyl (C=O) groups is 1. The molecule has 17 heavy (non-hydrogen) atoms. The van der Waals surface area contributed by atoms with Gasteiger partial charge in [0.1, 0.15) is 0 Å². The number of nitrogens with zero attached hydrogens (tertiary/aromatic N) is 2. The maximum absolute atomic E-state index is 13.4. The van der Waals surface area contributed by atoms with Crippen LogP contribution in [-0.2, 0) is 0 Å². The Labute approximate surface area is 101 Å². The number of pyridine rings is 1. The van der Waals surface area contributed by atoms with Crippen LogP contribution in [0.25, 0.3) is 0 Å². The lowest BCUT2D eigenvalue weighted by Gasteiger charge is -2.24. The van der Waals surface area contributed by atoms with E-state index in [0.717, 1.165) is 6.20 Å². The van der Waals surface area contributed by atoms with E-state index in [4.69, 9.17) is 5.73 Å². The highest BCUT2D eigenvalue weighted by molar-refractivity contribution is 5.94. The van der Waals surface area contributed by atoms with Crippen LogP contribution >= 0.6 is 0 Å².